The highest BCUT2D eigenvalue weighted by Gasteiger charge is 2.44. The Labute approximate surface area is 178 Å². The standard InChI is InChI=1S/C22H22F3NO5/c1-6-14-13(3)16-11-31-20(28)18(16)19(26(4)21(29)22(23,24)25)15(14)9-7-12(2)8-10-17(27)30-5/h1,7H,8-11H2,2-5H3. The minimum absolute atomic E-state index is 0.0543. The quantitative estimate of drug-likeness (QED) is 0.386. The van der Waals surface area contributed by atoms with Gasteiger partial charge in [-0.2, -0.15) is 13.2 Å². The highest BCUT2D eigenvalue weighted by Crippen LogP contribution is 2.40. The van der Waals surface area contributed by atoms with Gasteiger partial charge < -0.3 is 14.4 Å². The molecule has 0 unspecified atom stereocenters. The highest BCUT2D eigenvalue weighted by molar-refractivity contribution is 6.07. The summed E-state index contributed by atoms with van der Waals surface area (Å²) in [6, 6.07) is 0. The maximum Gasteiger partial charge on any atom is 0.471 e. The Hall–Kier alpha value is -3.28. The van der Waals surface area contributed by atoms with E-state index in [1.165, 1.54) is 7.11 Å². The fourth-order valence-corrected chi connectivity index (χ4v) is 3.42. The van der Waals surface area contributed by atoms with Crippen molar-refractivity contribution in [2.24, 2.45) is 0 Å². The first-order valence-corrected chi connectivity index (χ1v) is 9.33. The maximum absolute atomic E-state index is 13.1. The molecule has 1 aromatic carbocycles. The number of benzene rings is 1. The zero-order chi connectivity index (χ0) is 23.5. The number of hydrogen-bond acceptors (Lipinski definition) is 5. The van der Waals surface area contributed by atoms with Crippen molar-refractivity contribution in [2.45, 2.75) is 45.9 Å². The monoisotopic (exact) mass is 437 g/mol. The number of carbonyl (C=O) groups is 3. The molecule has 1 aliphatic heterocycles. The number of methoxy groups -OCH3 is 1. The molecule has 1 heterocycles. The van der Waals surface area contributed by atoms with E-state index < -0.39 is 24.0 Å². The van der Waals surface area contributed by atoms with E-state index in [0.29, 0.717) is 28.0 Å². The summed E-state index contributed by atoms with van der Waals surface area (Å²) >= 11 is 0. The Morgan fingerprint density at radius 1 is 1.32 bits per heavy atom. The van der Waals surface area contributed by atoms with Crippen molar-refractivity contribution in [3.05, 3.63) is 39.5 Å². The number of rotatable bonds is 6. The number of nitrogens with zero attached hydrogens (tertiary/aromatic N) is 1. The van der Waals surface area contributed by atoms with Gasteiger partial charge in [0.2, 0.25) is 0 Å². The lowest BCUT2D eigenvalue weighted by Gasteiger charge is -2.25. The largest absolute Gasteiger partial charge is 0.471 e. The molecule has 0 spiro atoms. The van der Waals surface area contributed by atoms with E-state index in [9.17, 15) is 27.6 Å². The number of hydrogen-bond donors (Lipinski definition) is 0. The third kappa shape index (κ3) is 4.90. The zero-order valence-electron chi connectivity index (χ0n) is 17.6. The van der Waals surface area contributed by atoms with Crippen LogP contribution in [0.4, 0.5) is 18.9 Å². The van der Waals surface area contributed by atoms with Crippen LogP contribution in [0.2, 0.25) is 0 Å². The second-order valence-electron chi connectivity index (χ2n) is 7.09. The summed E-state index contributed by atoms with van der Waals surface area (Å²) in [4.78, 5) is 36.1. The van der Waals surface area contributed by atoms with Gasteiger partial charge in [-0.3, -0.25) is 9.59 Å². The first-order valence-electron chi connectivity index (χ1n) is 9.33. The lowest BCUT2D eigenvalue weighted by atomic mass is 9.89. The number of alkyl halides is 3. The van der Waals surface area contributed by atoms with Crippen LogP contribution in [0.25, 0.3) is 0 Å². The molecule has 9 heteroatoms. The van der Waals surface area contributed by atoms with E-state index in [0.717, 1.165) is 12.6 Å². The van der Waals surface area contributed by atoms with Gasteiger partial charge in [-0.05, 0) is 37.8 Å². The van der Waals surface area contributed by atoms with Gasteiger partial charge in [-0.15, -0.1) is 6.42 Å². The summed E-state index contributed by atoms with van der Waals surface area (Å²) in [6.45, 7) is 3.27. The van der Waals surface area contributed by atoms with Crippen LogP contribution in [0.5, 0.6) is 0 Å². The molecule has 31 heavy (non-hydrogen) atoms. The van der Waals surface area contributed by atoms with Gasteiger partial charge in [0.1, 0.15) is 6.61 Å². The predicted octanol–water partition coefficient (Wildman–Crippen LogP) is 3.61. The molecule has 0 N–H and O–H groups in total. The fourth-order valence-electron chi connectivity index (χ4n) is 3.42. The van der Waals surface area contributed by atoms with Crippen LogP contribution >= 0.6 is 0 Å². The Kier molecular flexibility index (Phi) is 7.16. The van der Waals surface area contributed by atoms with E-state index in [1.807, 2.05) is 0 Å². The molecule has 0 aliphatic carbocycles. The number of halogens is 3. The topological polar surface area (TPSA) is 72.9 Å². The SMILES string of the molecule is C#Cc1c(C)c2c(c(N(C)C(=O)C(F)(F)F)c1CC=C(C)CCC(=O)OC)C(=O)OC2. The molecule has 1 aromatic rings. The molecule has 2 rings (SSSR count). The van der Waals surface area contributed by atoms with E-state index in [2.05, 4.69) is 10.7 Å². The third-order valence-electron chi connectivity index (χ3n) is 5.14. The molecular weight excluding hydrogens is 415 g/mol. The maximum atomic E-state index is 13.1. The summed E-state index contributed by atoms with van der Waals surface area (Å²) in [7, 11) is 2.22. The van der Waals surface area contributed by atoms with Crippen LogP contribution in [0.1, 0.15) is 52.4 Å². The van der Waals surface area contributed by atoms with E-state index in [-0.39, 0.29) is 36.3 Å². The number of allylic oxidation sites excluding steroid dienone is 2. The van der Waals surface area contributed by atoms with E-state index in [4.69, 9.17) is 11.2 Å². The summed E-state index contributed by atoms with van der Waals surface area (Å²) in [6.07, 6.45) is 2.76. The first-order chi connectivity index (χ1) is 14.4. The number of fused-ring (bicyclic) bond motifs is 1. The van der Waals surface area contributed by atoms with Gasteiger partial charge in [0, 0.05) is 24.6 Å². The van der Waals surface area contributed by atoms with E-state index >= 15 is 0 Å². The molecule has 6 nitrogen and oxygen atoms in total. The van der Waals surface area contributed by atoms with Crippen LogP contribution in [-0.2, 0) is 32.1 Å². The van der Waals surface area contributed by atoms with Crippen molar-refractivity contribution >= 4 is 23.5 Å². The summed E-state index contributed by atoms with van der Waals surface area (Å²) < 4.78 is 49.1. The molecule has 0 radical (unpaired) electrons. The third-order valence-corrected chi connectivity index (χ3v) is 5.14. The minimum Gasteiger partial charge on any atom is -0.469 e. The summed E-state index contributed by atoms with van der Waals surface area (Å²) in [5.74, 6) is -0.868. The molecule has 1 aliphatic rings. The van der Waals surface area contributed by atoms with Crippen molar-refractivity contribution < 1.29 is 37.0 Å². The van der Waals surface area contributed by atoms with Gasteiger partial charge in [0.05, 0.1) is 18.4 Å². The summed E-state index contributed by atoms with van der Waals surface area (Å²) in [5.41, 5.74) is 1.90. The van der Waals surface area contributed by atoms with Gasteiger partial charge >= 0.3 is 24.0 Å². The normalized spacial score (nSPS) is 13.4. The Bertz CT molecular complexity index is 1000. The van der Waals surface area contributed by atoms with Gasteiger partial charge in [0.15, 0.2) is 0 Å². The zero-order valence-corrected chi connectivity index (χ0v) is 17.6. The number of esters is 2. The van der Waals surface area contributed by atoms with Gasteiger partial charge in [-0.1, -0.05) is 17.6 Å². The Morgan fingerprint density at radius 2 is 1.97 bits per heavy atom. The Morgan fingerprint density at radius 3 is 2.52 bits per heavy atom. The molecule has 0 saturated carbocycles. The average Bonchev–Trinajstić information content (AvgIpc) is 3.10. The van der Waals surface area contributed by atoms with Crippen LogP contribution in [0.15, 0.2) is 11.6 Å². The van der Waals surface area contributed by atoms with Crippen molar-refractivity contribution in [1.82, 2.24) is 0 Å². The number of carbonyl (C=O) groups excluding carboxylic acids is 3. The van der Waals surface area contributed by atoms with Crippen molar-refractivity contribution in [2.75, 3.05) is 19.1 Å². The molecule has 0 aromatic heterocycles. The molecule has 166 valence electrons. The van der Waals surface area contributed by atoms with Crippen molar-refractivity contribution in [1.29, 1.82) is 0 Å². The smallest absolute Gasteiger partial charge is 0.469 e. The van der Waals surface area contributed by atoms with Gasteiger partial charge in [-0.25, -0.2) is 4.79 Å². The first kappa shape index (κ1) is 24.0. The van der Waals surface area contributed by atoms with Crippen LogP contribution < -0.4 is 4.90 Å². The number of cyclic esters (lactones) is 1. The molecule has 0 atom stereocenters. The van der Waals surface area contributed by atoms with E-state index in [1.54, 1.807) is 19.9 Å². The molecule has 0 bridgehead atoms. The molecule has 0 saturated heterocycles. The lowest BCUT2D eigenvalue weighted by molar-refractivity contribution is -0.170. The predicted molar refractivity (Wildman–Crippen MR) is 106 cm³/mol. The number of anilines is 1. The average molecular weight is 437 g/mol. The summed E-state index contributed by atoms with van der Waals surface area (Å²) in [5, 5.41) is 0. The number of amides is 1. The molecule has 1 amide bonds. The van der Waals surface area contributed by atoms with Crippen LogP contribution in [0.3, 0.4) is 0 Å². The second-order valence-corrected chi connectivity index (χ2v) is 7.09. The Balaban J connectivity index is 2.63. The second kappa shape index (κ2) is 9.25. The fraction of sp³-hybridized carbons (Fsp3) is 0.409. The number of ether oxygens (including phenoxy) is 2. The molecule has 0 fully saturated rings. The molecular formula is C22H22F3NO5. The van der Waals surface area contributed by atoms with Crippen molar-refractivity contribution in [3.63, 3.8) is 0 Å². The minimum atomic E-state index is -5.14. The van der Waals surface area contributed by atoms with Crippen molar-refractivity contribution in [3.8, 4) is 12.3 Å². The lowest BCUT2D eigenvalue weighted by Crippen LogP contribution is -2.40. The highest BCUT2D eigenvalue weighted by atomic mass is 19.4. The number of terminal acetylenes is 1. The van der Waals surface area contributed by atoms with Crippen LogP contribution in [-0.4, -0.2) is 38.2 Å². The van der Waals surface area contributed by atoms with Gasteiger partial charge in [0.25, 0.3) is 0 Å². The van der Waals surface area contributed by atoms with Crippen LogP contribution in [0, 0.1) is 19.3 Å².